The maximum Gasteiger partial charge on any atom is 0.302 e. The number of nitrogens with one attached hydrogen (secondary N) is 2. The van der Waals surface area contributed by atoms with Crippen LogP contribution in [0, 0.1) is 28.6 Å². The number of hydrogen-bond acceptors (Lipinski definition) is 16. The number of aryl methyl sites for hydroxylation is 1. The van der Waals surface area contributed by atoms with Gasteiger partial charge >= 0.3 is 5.97 Å². The molecule has 1 spiro atoms. The molecule has 7 aliphatic rings. The molecule has 7 fully saturated rings. The number of carbonyl (C=O) groups is 3. The maximum absolute atomic E-state index is 14.8. The topological polar surface area (TPSA) is 162 Å². The number of esters is 1. The van der Waals surface area contributed by atoms with Crippen molar-refractivity contribution in [1.29, 1.82) is 0 Å². The van der Waals surface area contributed by atoms with Crippen LogP contribution in [-0.2, 0) is 46.3 Å². The van der Waals surface area contributed by atoms with Crippen LogP contribution in [0.15, 0.2) is 55.0 Å². The Morgan fingerprint density at radius 1 is 0.988 bits per heavy atom. The van der Waals surface area contributed by atoms with Gasteiger partial charge < -0.3 is 43.4 Å². The van der Waals surface area contributed by atoms with Crippen LogP contribution in [0.2, 0.25) is 0 Å². The van der Waals surface area contributed by atoms with E-state index in [0.29, 0.717) is 44.4 Å². The fourth-order valence-electron chi connectivity index (χ4n) is 14.3. The van der Waals surface area contributed by atoms with Crippen molar-refractivity contribution in [1.82, 2.24) is 45.0 Å². The number of fused-ring (bicyclic) bond motifs is 2. The first kappa shape index (κ1) is 64.4. The molecular formula is C67H103N11O7. The Balaban J connectivity index is 0.000000888. The highest BCUT2D eigenvalue weighted by molar-refractivity contribution is 5.95. The summed E-state index contributed by atoms with van der Waals surface area (Å²) in [6.45, 7) is 31.4. The van der Waals surface area contributed by atoms with Gasteiger partial charge in [0, 0.05) is 170 Å². The first-order valence-electron chi connectivity index (χ1n) is 32.3. The summed E-state index contributed by atoms with van der Waals surface area (Å²) in [5.41, 5.74) is 11.6. The van der Waals surface area contributed by atoms with Crippen molar-refractivity contribution in [2.75, 3.05) is 129 Å². The van der Waals surface area contributed by atoms with Crippen molar-refractivity contribution in [2.24, 2.45) is 28.6 Å². The first-order valence-corrected chi connectivity index (χ1v) is 32.3. The number of amides is 1. The molecule has 2 saturated carbocycles. The van der Waals surface area contributed by atoms with Crippen LogP contribution in [0.25, 0.3) is 22.2 Å². The minimum absolute atomic E-state index is 0.0367. The Hall–Kier alpha value is -5.05. The number of anilines is 2. The highest BCUT2D eigenvalue weighted by atomic mass is 16.5. The number of nitrogens with zero attached hydrogens (tertiary/aromatic N) is 9. The van der Waals surface area contributed by atoms with Crippen LogP contribution in [0.4, 0.5) is 11.4 Å². The second-order valence-corrected chi connectivity index (χ2v) is 26.4. The number of pyridine rings is 2. The zero-order chi connectivity index (χ0) is 60.6. The largest absolute Gasteiger partial charge is 0.465 e. The molecule has 0 radical (unpaired) electrons. The number of aldehydes is 1. The fourth-order valence-corrected chi connectivity index (χ4v) is 14.3. The van der Waals surface area contributed by atoms with E-state index >= 15 is 0 Å². The summed E-state index contributed by atoms with van der Waals surface area (Å²) < 4.78 is 25.7. The van der Waals surface area contributed by atoms with Gasteiger partial charge in [-0.3, -0.25) is 39.7 Å². The number of aromatic nitrogens is 3. The van der Waals surface area contributed by atoms with E-state index in [4.69, 9.17) is 23.9 Å². The SMILES string of the molecule is CC.CCn1c(-c2cc(N3CCN(C4CC4)CC3)cnc2C(C)OC)c(CC(C)(C)COC(C)=O)c2cc(N(CCOC)CCC(C(C=O)NC(=O)C(C(C)C)N3CC4CC4C3c3ccncc3)N3CC4(COC4)C3)ccc21.CN1CCCCN1. The van der Waals surface area contributed by atoms with Crippen LogP contribution in [0.5, 0.6) is 0 Å². The Kier molecular flexibility index (Phi) is 21.9. The average Bonchev–Trinajstić information content (AvgIpc) is 2.04. The molecular weight excluding hydrogens is 1070 g/mol. The van der Waals surface area contributed by atoms with Crippen molar-refractivity contribution < 1.29 is 33.3 Å². The second-order valence-electron chi connectivity index (χ2n) is 26.4. The molecule has 7 unspecified atom stereocenters. The number of likely N-dealkylation sites (tertiary alicyclic amines) is 2. The van der Waals surface area contributed by atoms with Gasteiger partial charge in [-0.25, -0.2) is 5.01 Å². The quantitative estimate of drug-likeness (QED) is 0.0480. The average molecular weight is 1170 g/mol. The van der Waals surface area contributed by atoms with Gasteiger partial charge in [-0.05, 0) is 124 Å². The van der Waals surface area contributed by atoms with E-state index in [1.165, 1.54) is 56.7 Å². The molecule has 0 bridgehead atoms. The van der Waals surface area contributed by atoms with Crippen molar-refractivity contribution in [3.8, 4) is 11.3 Å². The molecule has 3 aromatic heterocycles. The predicted octanol–water partition coefficient (Wildman–Crippen LogP) is 8.43. The molecule has 7 atom stereocenters. The van der Waals surface area contributed by atoms with E-state index in [9.17, 15) is 14.4 Å². The van der Waals surface area contributed by atoms with Crippen molar-refractivity contribution in [3.63, 3.8) is 0 Å². The standard InChI is InChI=1S/C60H85N9O7.C5H12N2.C2H6/c1-10-68-52-14-13-45(28-48(52)50(30-59(6,7)36-76-41(5)71)57(68)49-29-46(31-62-54(49)40(4)74-9)66-23-21-65(22-24-66)44-11-12-44)64(25-26-73-8)20-17-53(67-34-60(35-67)37-75-38-60)51(33-70)63-58(72)55(39(2)3)69-32-43-27-47(43)56(69)42-15-18-61-19-16-42;1-7-5-3-2-4-6-7;1-2/h13-16,18-19,28-29,31,33,39-40,43-44,47,51,53,55-56H,10-12,17,20-27,30,32,34-38H2,1-9H3,(H,63,72);6H,2-5H2,1H3;1-2H3. The Morgan fingerprint density at radius 2 is 1.73 bits per heavy atom. The smallest absolute Gasteiger partial charge is 0.302 e. The number of benzene rings is 1. The third kappa shape index (κ3) is 15.1. The number of hydrazine groups is 1. The van der Waals surface area contributed by atoms with E-state index in [1.54, 1.807) is 14.2 Å². The van der Waals surface area contributed by atoms with E-state index < -0.39 is 11.5 Å². The number of piperazine rings is 1. The Bertz CT molecular complexity index is 2820. The highest BCUT2D eigenvalue weighted by Gasteiger charge is 2.56. The van der Waals surface area contributed by atoms with E-state index in [1.807, 2.05) is 32.4 Å². The van der Waals surface area contributed by atoms with Gasteiger partial charge in [0.05, 0.1) is 61.8 Å². The number of methoxy groups -OCH3 is 2. The summed E-state index contributed by atoms with van der Waals surface area (Å²) in [7, 11) is 5.57. The molecule has 1 amide bonds. The monoisotopic (exact) mass is 1170 g/mol. The summed E-state index contributed by atoms with van der Waals surface area (Å²) in [5, 5.41) is 6.64. The molecule has 85 heavy (non-hydrogen) atoms. The van der Waals surface area contributed by atoms with Crippen LogP contribution in [0.1, 0.15) is 130 Å². The molecule has 468 valence electrons. The summed E-state index contributed by atoms with van der Waals surface area (Å²) in [5.74, 6) is 0.774. The third-order valence-electron chi connectivity index (χ3n) is 19.1. The summed E-state index contributed by atoms with van der Waals surface area (Å²) in [4.78, 5) is 62.5. The number of rotatable bonds is 25. The third-order valence-corrected chi connectivity index (χ3v) is 19.1. The van der Waals surface area contributed by atoms with Gasteiger partial charge in [-0.2, -0.15) is 0 Å². The zero-order valence-corrected chi connectivity index (χ0v) is 53.6. The van der Waals surface area contributed by atoms with Gasteiger partial charge in [0.15, 0.2) is 0 Å². The van der Waals surface area contributed by atoms with E-state index in [-0.39, 0.29) is 54.0 Å². The molecule has 11 rings (SSSR count). The van der Waals surface area contributed by atoms with Crippen LogP contribution < -0.4 is 20.5 Å². The van der Waals surface area contributed by atoms with Gasteiger partial charge in [0.25, 0.3) is 0 Å². The lowest BCUT2D eigenvalue weighted by Crippen LogP contribution is -2.71. The van der Waals surface area contributed by atoms with Crippen molar-refractivity contribution >= 4 is 40.4 Å². The number of piperidine rings is 1. The minimum Gasteiger partial charge on any atom is -0.465 e. The lowest BCUT2D eigenvalue weighted by atomic mass is 9.76. The number of carbonyl (C=O) groups excluding carboxylic acids is 3. The molecule has 18 heteroatoms. The molecule has 2 N–H and O–H groups in total. The predicted molar refractivity (Wildman–Crippen MR) is 338 cm³/mol. The van der Waals surface area contributed by atoms with Crippen LogP contribution in [0.3, 0.4) is 0 Å². The summed E-state index contributed by atoms with van der Waals surface area (Å²) in [6, 6.07) is 12.9. The summed E-state index contributed by atoms with van der Waals surface area (Å²) in [6.07, 6.45) is 14.2. The van der Waals surface area contributed by atoms with Gasteiger partial charge in [-0.1, -0.05) is 41.5 Å². The van der Waals surface area contributed by atoms with Crippen LogP contribution in [-0.4, -0.2) is 196 Å². The minimum atomic E-state index is -0.710. The van der Waals surface area contributed by atoms with E-state index in [2.05, 4.69) is 135 Å². The van der Waals surface area contributed by atoms with Gasteiger partial charge in [-0.15, -0.1) is 0 Å². The molecule has 5 aliphatic heterocycles. The Labute approximate surface area is 508 Å². The first-order chi connectivity index (χ1) is 41.0. The van der Waals surface area contributed by atoms with Crippen molar-refractivity contribution in [3.05, 3.63) is 71.8 Å². The molecule has 8 heterocycles. The van der Waals surface area contributed by atoms with Crippen molar-refractivity contribution in [2.45, 2.75) is 150 Å². The van der Waals surface area contributed by atoms with Gasteiger partial charge in [0.1, 0.15) is 12.3 Å². The molecule has 4 aromatic rings. The summed E-state index contributed by atoms with van der Waals surface area (Å²) >= 11 is 0. The lowest BCUT2D eigenvalue weighted by molar-refractivity contribution is -0.200. The Morgan fingerprint density at radius 3 is 2.32 bits per heavy atom. The number of hydrogen-bond donors (Lipinski definition) is 2. The zero-order valence-electron chi connectivity index (χ0n) is 53.6. The second kappa shape index (κ2) is 28.8. The van der Waals surface area contributed by atoms with Crippen LogP contribution >= 0.6 is 0 Å². The normalized spacial score (nSPS) is 22.9. The maximum atomic E-state index is 14.8. The molecule has 18 nitrogen and oxygen atoms in total. The number of ether oxygens (including phenoxy) is 4. The van der Waals surface area contributed by atoms with Gasteiger partial charge in [0.2, 0.25) is 5.91 Å². The molecule has 5 saturated heterocycles. The molecule has 2 aliphatic carbocycles. The van der Waals surface area contributed by atoms with E-state index in [0.717, 1.165) is 124 Å². The lowest BCUT2D eigenvalue weighted by Gasteiger charge is -2.58. The molecule has 1 aromatic carbocycles. The highest BCUT2D eigenvalue weighted by Crippen LogP contribution is 2.57. The fraction of sp³-hybridized carbons (Fsp3) is 0.687.